The minimum absolute atomic E-state index is 0.163. The van der Waals surface area contributed by atoms with Gasteiger partial charge in [0.15, 0.2) is 5.90 Å². The zero-order valence-electron chi connectivity index (χ0n) is 11.5. The Balaban J connectivity index is 2.94. The van der Waals surface area contributed by atoms with Crippen LogP contribution in [0, 0.1) is 5.41 Å². The molecule has 1 aliphatic rings. The van der Waals surface area contributed by atoms with Gasteiger partial charge < -0.3 is 4.74 Å². The first-order valence-corrected chi connectivity index (χ1v) is 7.12. The molecule has 0 fully saturated rings. The summed E-state index contributed by atoms with van der Waals surface area (Å²) in [5.41, 5.74) is 1.50. The zero-order valence-corrected chi connectivity index (χ0v) is 12.4. The van der Waals surface area contributed by atoms with E-state index in [2.05, 4.69) is 44.8 Å². The Morgan fingerprint density at radius 3 is 2.65 bits per heavy atom. The number of rotatable bonds is 3. The van der Waals surface area contributed by atoms with E-state index in [1.165, 1.54) is 5.57 Å². The van der Waals surface area contributed by atoms with Crippen molar-refractivity contribution in [1.29, 1.82) is 0 Å². The van der Waals surface area contributed by atoms with E-state index >= 15 is 0 Å². The van der Waals surface area contributed by atoms with Crippen LogP contribution in [0.15, 0.2) is 27.7 Å². The van der Waals surface area contributed by atoms with E-state index in [0.29, 0.717) is 0 Å². The molecule has 0 unspecified atom stereocenters. The summed E-state index contributed by atoms with van der Waals surface area (Å²) in [7, 11) is 1.69. The normalized spacial score (nSPS) is 16.9. The van der Waals surface area contributed by atoms with Crippen LogP contribution in [0.3, 0.4) is 0 Å². The molecule has 1 aliphatic heterocycles. The topological polar surface area (TPSA) is 21.6 Å². The first-order valence-electron chi connectivity index (χ1n) is 6.14. The Kier molecular flexibility index (Phi) is 5.31. The van der Waals surface area contributed by atoms with Gasteiger partial charge in [-0.05, 0) is 29.2 Å². The van der Waals surface area contributed by atoms with Gasteiger partial charge in [-0.3, -0.25) is 0 Å². The summed E-state index contributed by atoms with van der Waals surface area (Å²) in [6.45, 7) is 8.88. The molecule has 1 heterocycles. The van der Waals surface area contributed by atoms with Crippen LogP contribution < -0.4 is 0 Å². The lowest BCUT2D eigenvalue weighted by Crippen LogP contribution is -2.08. The zero-order chi connectivity index (χ0) is 12.9. The fraction of sp³-hybridized carbons (Fsp3) is 0.643. The summed E-state index contributed by atoms with van der Waals surface area (Å²) >= 11 is 1.80. The van der Waals surface area contributed by atoms with Gasteiger partial charge in [0.05, 0.1) is 12.1 Å². The van der Waals surface area contributed by atoms with E-state index in [4.69, 9.17) is 4.74 Å². The molecule has 0 aromatic heterocycles. The third-order valence-electron chi connectivity index (χ3n) is 2.57. The second-order valence-electron chi connectivity index (χ2n) is 5.15. The summed E-state index contributed by atoms with van der Waals surface area (Å²) in [5.74, 6) is 1.91. The Morgan fingerprint density at radius 1 is 1.41 bits per heavy atom. The van der Waals surface area contributed by atoms with Crippen LogP contribution in [-0.4, -0.2) is 18.8 Å². The molecular formula is C14H23NOS. The van der Waals surface area contributed by atoms with Gasteiger partial charge in [0.2, 0.25) is 0 Å². The highest BCUT2D eigenvalue weighted by Gasteiger charge is 2.18. The minimum atomic E-state index is 0.163. The van der Waals surface area contributed by atoms with Crippen molar-refractivity contribution in [2.75, 3.05) is 12.9 Å². The fourth-order valence-corrected chi connectivity index (χ4v) is 2.31. The van der Waals surface area contributed by atoms with Gasteiger partial charge in [-0.2, -0.15) is 0 Å². The number of hydrogen-bond acceptors (Lipinski definition) is 3. The van der Waals surface area contributed by atoms with E-state index in [0.717, 1.165) is 29.5 Å². The number of allylic oxidation sites excluding steroid dienone is 2. The van der Waals surface area contributed by atoms with Crippen LogP contribution in [0.1, 0.15) is 40.5 Å². The standard InChI is InChI=1S/C14H23NOS/c1-6-9-17-13-10-11(14(2,3)4)7-8-12(15-13)16-5/h7,10H,6,8-9H2,1-5H3. The number of thioether (sulfide) groups is 1. The van der Waals surface area contributed by atoms with Crippen molar-refractivity contribution in [1.82, 2.24) is 0 Å². The SMILES string of the molecule is CCCSC1=CC(C(C)(C)C)=CCC(OC)=N1. The Labute approximate surface area is 109 Å². The minimum Gasteiger partial charge on any atom is -0.484 e. The summed E-state index contributed by atoms with van der Waals surface area (Å²) in [6, 6.07) is 0. The van der Waals surface area contributed by atoms with Gasteiger partial charge in [-0.25, -0.2) is 4.99 Å². The molecule has 0 aromatic rings. The highest BCUT2D eigenvalue weighted by molar-refractivity contribution is 8.03. The van der Waals surface area contributed by atoms with Crippen molar-refractivity contribution in [3.8, 4) is 0 Å². The molecule has 96 valence electrons. The largest absolute Gasteiger partial charge is 0.484 e. The number of nitrogens with zero attached hydrogens (tertiary/aromatic N) is 1. The molecule has 3 heteroatoms. The van der Waals surface area contributed by atoms with Gasteiger partial charge in [0.25, 0.3) is 0 Å². The Morgan fingerprint density at radius 2 is 2.12 bits per heavy atom. The number of ether oxygens (including phenoxy) is 1. The number of hydrogen-bond donors (Lipinski definition) is 0. The maximum Gasteiger partial charge on any atom is 0.192 e. The van der Waals surface area contributed by atoms with Crippen molar-refractivity contribution >= 4 is 17.7 Å². The molecule has 0 aromatic carbocycles. The lowest BCUT2D eigenvalue weighted by molar-refractivity contribution is 0.395. The number of methoxy groups -OCH3 is 1. The van der Waals surface area contributed by atoms with E-state index in [1.807, 2.05) is 0 Å². The summed E-state index contributed by atoms with van der Waals surface area (Å²) in [6.07, 6.45) is 6.37. The lowest BCUT2D eigenvalue weighted by atomic mass is 9.86. The van der Waals surface area contributed by atoms with E-state index in [1.54, 1.807) is 18.9 Å². The van der Waals surface area contributed by atoms with Crippen molar-refractivity contribution in [2.24, 2.45) is 10.4 Å². The van der Waals surface area contributed by atoms with Crippen molar-refractivity contribution in [2.45, 2.75) is 40.5 Å². The lowest BCUT2D eigenvalue weighted by Gasteiger charge is -2.20. The van der Waals surface area contributed by atoms with Crippen LogP contribution in [0.25, 0.3) is 0 Å². The molecule has 0 spiro atoms. The van der Waals surface area contributed by atoms with Crippen molar-refractivity contribution in [3.63, 3.8) is 0 Å². The second kappa shape index (κ2) is 6.29. The highest BCUT2D eigenvalue weighted by Crippen LogP contribution is 2.32. The van der Waals surface area contributed by atoms with Crippen molar-refractivity contribution in [3.05, 3.63) is 22.8 Å². The van der Waals surface area contributed by atoms with Gasteiger partial charge in [0.1, 0.15) is 0 Å². The Hall–Kier alpha value is -0.700. The smallest absolute Gasteiger partial charge is 0.192 e. The summed E-state index contributed by atoms with van der Waals surface area (Å²) in [5, 5.41) is 1.07. The van der Waals surface area contributed by atoms with Crippen molar-refractivity contribution < 1.29 is 4.74 Å². The molecule has 0 saturated carbocycles. The van der Waals surface area contributed by atoms with Crippen LogP contribution >= 0.6 is 11.8 Å². The third kappa shape index (κ3) is 4.58. The van der Waals surface area contributed by atoms with Crippen LogP contribution in [0.4, 0.5) is 0 Å². The molecule has 0 radical (unpaired) electrons. The third-order valence-corrected chi connectivity index (χ3v) is 3.68. The summed E-state index contributed by atoms with van der Waals surface area (Å²) < 4.78 is 5.29. The predicted octanol–water partition coefficient (Wildman–Crippen LogP) is 4.39. The molecule has 0 bridgehead atoms. The molecule has 0 aliphatic carbocycles. The average molecular weight is 253 g/mol. The molecule has 0 saturated heterocycles. The first kappa shape index (κ1) is 14.4. The van der Waals surface area contributed by atoms with Gasteiger partial charge in [0, 0.05) is 6.42 Å². The van der Waals surface area contributed by atoms with Crippen LogP contribution in [0.5, 0.6) is 0 Å². The predicted molar refractivity (Wildman–Crippen MR) is 77.4 cm³/mol. The average Bonchev–Trinajstić information content (AvgIpc) is 2.47. The van der Waals surface area contributed by atoms with Gasteiger partial charge in [-0.1, -0.05) is 33.8 Å². The molecule has 2 nitrogen and oxygen atoms in total. The first-order chi connectivity index (χ1) is 7.97. The Bertz CT molecular complexity index is 348. The monoisotopic (exact) mass is 253 g/mol. The quantitative estimate of drug-likeness (QED) is 0.744. The molecule has 1 rings (SSSR count). The summed E-state index contributed by atoms with van der Waals surface area (Å²) in [4.78, 5) is 4.56. The molecular weight excluding hydrogens is 230 g/mol. The number of aliphatic imine (C=N–C) groups is 1. The molecule has 0 N–H and O–H groups in total. The van der Waals surface area contributed by atoms with E-state index in [9.17, 15) is 0 Å². The van der Waals surface area contributed by atoms with E-state index in [-0.39, 0.29) is 5.41 Å². The van der Waals surface area contributed by atoms with E-state index < -0.39 is 0 Å². The maximum absolute atomic E-state index is 5.29. The molecule has 0 amide bonds. The van der Waals surface area contributed by atoms with Gasteiger partial charge in [-0.15, -0.1) is 11.8 Å². The fourth-order valence-electron chi connectivity index (χ4n) is 1.52. The van der Waals surface area contributed by atoms with Crippen LogP contribution in [-0.2, 0) is 4.74 Å². The molecule has 0 atom stereocenters. The maximum atomic E-state index is 5.29. The van der Waals surface area contributed by atoms with Crippen LogP contribution in [0.2, 0.25) is 0 Å². The second-order valence-corrected chi connectivity index (χ2v) is 6.27. The van der Waals surface area contributed by atoms with Gasteiger partial charge >= 0.3 is 0 Å². The highest BCUT2D eigenvalue weighted by atomic mass is 32.2. The molecule has 17 heavy (non-hydrogen) atoms.